The van der Waals surface area contributed by atoms with E-state index in [2.05, 4.69) is 92.5 Å². The van der Waals surface area contributed by atoms with Gasteiger partial charge in [0, 0.05) is 33.7 Å². The molecule has 4 fully saturated rings. The van der Waals surface area contributed by atoms with Crippen molar-refractivity contribution >= 4 is 82.3 Å². The molecule has 0 unspecified atom stereocenters. The number of hydrazine groups is 1. The van der Waals surface area contributed by atoms with Gasteiger partial charge >= 0.3 is 11.9 Å². The molecule has 6 N–H and O–H groups in total. The number of rotatable bonds is 15. The first kappa shape index (κ1) is 55.5. The Morgan fingerprint density at radius 2 is 0.921 bits per heavy atom. The molecule has 22 heteroatoms. The van der Waals surface area contributed by atoms with Crippen LogP contribution in [0.15, 0.2) is 118 Å². The fraction of sp³-hybridized carbons (Fsp3) is 0.333. The smallest absolute Gasteiger partial charge is 0.327 e. The van der Waals surface area contributed by atoms with Crippen LogP contribution in [0, 0.1) is 13.8 Å². The van der Waals surface area contributed by atoms with Gasteiger partial charge in [-0.1, -0.05) is 131 Å². The topological polar surface area (TPSA) is 250 Å². The van der Waals surface area contributed by atoms with E-state index in [0.29, 0.717) is 32.7 Å². The SMILES string of the molecule is Cc1onc(-c2ccccc2Cl)c1C(=O)N[C@@H]1C(=O)N2[C@@H]1SC(C)(C)[C@@H]2C(=O)O.Cc1onc(-c2ccccc2Cl)c1C(=O)N[C@@H]1C(=O)N2[C@@H]1SC(C)(C)[C@@H]2C(=O)O.c1ccc(CCNNCCc2ccccc2)cc1. The average Bonchev–Trinajstić information content (AvgIpc) is 4.16. The third kappa shape index (κ3) is 11.5. The van der Waals surface area contributed by atoms with Crippen molar-refractivity contribution in [1.82, 2.24) is 41.6 Å². The van der Waals surface area contributed by atoms with Gasteiger partial charge in [0.1, 0.15) is 69.0 Å². The van der Waals surface area contributed by atoms with Gasteiger partial charge < -0.3 is 39.7 Å². The highest BCUT2D eigenvalue weighted by Crippen LogP contribution is 2.52. The highest BCUT2D eigenvalue weighted by atomic mass is 35.5. The molecule has 0 spiro atoms. The molecule has 4 aliphatic rings. The fourth-order valence-corrected chi connectivity index (χ4v) is 13.3. The number of aliphatic carboxylic acids is 2. The highest BCUT2D eigenvalue weighted by molar-refractivity contribution is 8.02. The molecule has 76 heavy (non-hydrogen) atoms. The van der Waals surface area contributed by atoms with Gasteiger partial charge in [-0.25, -0.2) is 9.59 Å². The number of carboxylic acid groups (broad SMARTS) is 2. The van der Waals surface area contributed by atoms with Gasteiger partial charge in [0.15, 0.2) is 0 Å². The number of carbonyl (C=O) groups excluding carboxylic acids is 4. The van der Waals surface area contributed by atoms with E-state index in [-0.39, 0.29) is 22.5 Å². The molecular formula is C54H56Cl2N8O10S2. The zero-order valence-corrected chi connectivity index (χ0v) is 45.4. The third-order valence-corrected chi connectivity index (χ3v) is 17.1. The molecule has 6 heterocycles. The molecule has 18 nitrogen and oxygen atoms in total. The van der Waals surface area contributed by atoms with E-state index < -0.39 is 80.0 Å². The first-order chi connectivity index (χ1) is 36.2. The first-order valence-electron chi connectivity index (χ1n) is 24.2. The Balaban J connectivity index is 0.000000156. The van der Waals surface area contributed by atoms with Crippen molar-refractivity contribution in [3.63, 3.8) is 0 Å². The Kier molecular flexibility index (Phi) is 17.0. The summed E-state index contributed by atoms with van der Waals surface area (Å²) in [5, 5.41) is 32.3. The molecule has 0 radical (unpaired) electrons. The molecule has 6 atom stereocenters. The Morgan fingerprint density at radius 1 is 0.579 bits per heavy atom. The lowest BCUT2D eigenvalue weighted by atomic mass is 9.95. The third-order valence-electron chi connectivity index (χ3n) is 13.2. The summed E-state index contributed by atoms with van der Waals surface area (Å²) in [5.41, 5.74) is 11.3. The number of aromatic nitrogens is 2. The molecule has 0 aliphatic carbocycles. The van der Waals surface area contributed by atoms with E-state index in [0.717, 1.165) is 25.9 Å². The summed E-state index contributed by atoms with van der Waals surface area (Å²) < 4.78 is 9.08. The maximum Gasteiger partial charge on any atom is 0.327 e. The lowest BCUT2D eigenvalue weighted by molar-refractivity contribution is -0.159. The highest BCUT2D eigenvalue weighted by Gasteiger charge is 2.65. The summed E-state index contributed by atoms with van der Waals surface area (Å²) >= 11 is 15.2. The molecule has 10 rings (SSSR count). The minimum absolute atomic E-state index is 0.196. The molecule has 398 valence electrons. The van der Waals surface area contributed by atoms with E-state index in [1.807, 2.05) is 0 Å². The second kappa shape index (κ2) is 23.3. The molecule has 0 saturated carbocycles. The van der Waals surface area contributed by atoms with E-state index in [1.54, 1.807) is 90.1 Å². The lowest BCUT2D eigenvalue weighted by Gasteiger charge is -2.43. The number of carboxylic acids is 2. The standard InChI is InChI=1S/2C19H18ClN3O5S.C16H20N2/c2*1-8-11(12(22-28-8)9-6-4-5-7-10(9)20)15(24)21-13-16(25)23-14(18(26)27)19(2,3)29-17(13)23;1-3-7-15(8-4-1)11-13-17-18-14-12-16-9-5-2-6-10-16/h2*4-7,13-14,17H,1-3H3,(H,21,24)(H,26,27);1-10,17-18H,11-14H2/t2*13-,14+,17-;/m11./s1. The maximum absolute atomic E-state index is 13.0. The van der Waals surface area contributed by atoms with Gasteiger partial charge in [0.2, 0.25) is 11.8 Å². The van der Waals surface area contributed by atoms with Gasteiger partial charge in [-0.15, -0.1) is 23.5 Å². The zero-order valence-electron chi connectivity index (χ0n) is 42.2. The van der Waals surface area contributed by atoms with Crippen molar-refractivity contribution in [2.45, 2.75) is 98.8 Å². The van der Waals surface area contributed by atoms with E-state index >= 15 is 0 Å². The van der Waals surface area contributed by atoms with Crippen LogP contribution >= 0.6 is 46.7 Å². The number of nitrogens with one attached hydrogen (secondary N) is 4. The van der Waals surface area contributed by atoms with E-state index in [9.17, 15) is 39.0 Å². The van der Waals surface area contributed by atoms with Crippen LogP contribution in [0.25, 0.3) is 22.5 Å². The zero-order chi connectivity index (χ0) is 54.6. The van der Waals surface area contributed by atoms with Crippen LogP contribution in [0.2, 0.25) is 10.0 Å². The second-order valence-corrected chi connectivity index (χ2v) is 23.7. The van der Waals surface area contributed by atoms with Crippen LogP contribution in [0.4, 0.5) is 0 Å². The predicted octanol–water partition coefficient (Wildman–Crippen LogP) is 7.66. The monoisotopic (exact) mass is 1110 g/mol. The van der Waals surface area contributed by atoms with Crippen molar-refractivity contribution in [3.8, 4) is 22.5 Å². The van der Waals surface area contributed by atoms with Crippen molar-refractivity contribution in [2.75, 3.05) is 13.1 Å². The number of benzene rings is 4. The van der Waals surface area contributed by atoms with Gasteiger partial charge in [-0.3, -0.25) is 30.0 Å². The minimum Gasteiger partial charge on any atom is -0.480 e. The number of fused-ring (bicyclic) bond motifs is 2. The Morgan fingerprint density at radius 3 is 1.26 bits per heavy atom. The van der Waals surface area contributed by atoms with Crippen molar-refractivity contribution in [1.29, 1.82) is 0 Å². The van der Waals surface area contributed by atoms with Crippen molar-refractivity contribution < 1.29 is 48.0 Å². The number of thioether (sulfide) groups is 2. The molecule has 4 amide bonds. The summed E-state index contributed by atoms with van der Waals surface area (Å²) in [7, 11) is 0. The second-order valence-electron chi connectivity index (χ2n) is 19.3. The van der Waals surface area contributed by atoms with Crippen LogP contribution in [0.5, 0.6) is 0 Å². The van der Waals surface area contributed by atoms with Crippen LogP contribution < -0.4 is 21.5 Å². The Hall–Kier alpha value is -6.68. The lowest BCUT2D eigenvalue weighted by Crippen LogP contribution is -2.70. The molecule has 0 bridgehead atoms. The maximum atomic E-state index is 13.0. The summed E-state index contributed by atoms with van der Waals surface area (Å²) in [6, 6.07) is 31.4. The molecule has 6 aromatic rings. The molecule has 4 saturated heterocycles. The predicted molar refractivity (Wildman–Crippen MR) is 290 cm³/mol. The molecule has 4 aromatic carbocycles. The Labute approximate surface area is 456 Å². The summed E-state index contributed by atoms with van der Waals surface area (Å²) in [5.74, 6) is -3.39. The number of hydrogen-bond acceptors (Lipinski definition) is 14. The summed E-state index contributed by atoms with van der Waals surface area (Å²) in [4.78, 5) is 77.1. The number of aryl methyl sites for hydroxylation is 2. The first-order valence-corrected chi connectivity index (χ1v) is 26.8. The van der Waals surface area contributed by atoms with Crippen LogP contribution in [-0.2, 0) is 32.0 Å². The van der Waals surface area contributed by atoms with E-state index in [4.69, 9.17) is 32.2 Å². The molecular weight excluding hydrogens is 1060 g/mol. The number of amides is 4. The largest absolute Gasteiger partial charge is 0.480 e. The fourth-order valence-electron chi connectivity index (χ4n) is 9.55. The number of β-lactam (4-membered cyclic amide) rings is 2. The Bertz CT molecular complexity index is 2930. The van der Waals surface area contributed by atoms with Crippen LogP contribution in [0.3, 0.4) is 0 Å². The summed E-state index contributed by atoms with van der Waals surface area (Å²) in [6.45, 7) is 12.2. The number of hydrogen-bond donors (Lipinski definition) is 6. The number of nitrogens with zero attached hydrogens (tertiary/aromatic N) is 4. The molecule has 2 aromatic heterocycles. The number of halogens is 2. The van der Waals surface area contributed by atoms with Crippen LogP contribution in [0.1, 0.15) is 71.1 Å². The van der Waals surface area contributed by atoms with Crippen molar-refractivity contribution in [2.24, 2.45) is 0 Å². The van der Waals surface area contributed by atoms with E-state index in [1.165, 1.54) is 44.5 Å². The van der Waals surface area contributed by atoms with Crippen molar-refractivity contribution in [3.05, 3.63) is 153 Å². The van der Waals surface area contributed by atoms with Gasteiger partial charge in [0.05, 0.1) is 10.0 Å². The molecule has 4 aliphatic heterocycles. The average molecular weight is 1110 g/mol. The number of carbonyl (C=O) groups is 6. The van der Waals surface area contributed by atoms with Gasteiger partial charge in [-0.2, -0.15) is 0 Å². The quantitative estimate of drug-likeness (QED) is 0.0328. The van der Waals surface area contributed by atoms with Gasteiger partial charge in [-0.05, 0) is 77.6 Å². The minimum atomic E-state index is -1.06. The van der Waals surface area contributed by atoms with Gasteiger partial charge in [0.25, 0.3) is 11.8 Å². The summed E-state index contributed by atoms with van der Waals surface area (Å²) in [6.07, 6.45) is 2.11. The normalized spacial score (nSPS) is 21.4. The van der Waals surface area contributed by atoms with Crippen LogP contribution in [-0.4, -0.2) is 123 Å².